The first-order valence-corrected chi connectivity index (χ1v) is 6.85. The first-order chi connectivity index (χ1) is 9.66. The molecule has 0 saturated heterocycles. The summed E-state index contributed by atoms with van der Waals surface area (Å²) in [6.45, 7) is 2.19. The van der Waals surface area contributed by atoms with Gasteiger partial charge in [0.15, 0.2) is 5.65 Å². The highest BCUT2D eigenvalue weighted by Crippen LogP contribution is 2.29. The van der Waals surface area contributed by atoms with E-state index in [1.165, 1.54) is 30.0 Å². The molecule has 3 rings (SSSR count). The van der Waals surface area contributed by atoms with Crippen LogP contribution in [0.25, 0.3) is 5.65 Å². The Morgan fingerprint density at radius 2 is 2.20 bits per heavy atom. The molecule has 2 N–H and O–H groups in total. The zero-order chi connectivity index (χ0) is 14.1. The van der Waals surface area contributed by atoms with Gasteiger partial charge in [0.05, 0.1) is 11.9 Å². The maximum Gasteiger partial charge on any atom is 0.339 e. The van der Waals surface area contributed by atoms with Gasteiger partial charge in [0.2, 0.25) is 0 Å². The molecule has 7 heteroatoms. The molecule has 1 saturated carbocycles. The summed E-state index contributed by atoms with van der Waals surface area (Å²) in [7, 11) is 0. The third-order valence-corrected chi connectivity index (χ3v) is 3.99. The van der Waals surface area contributed by atoms with Crippen molar-refractivity contribution in [3.05, 3.63) is 18.1 Å². The van der Waals surface area contributed by atoms with E-state index >= 15 is 0 Å². The van der Waals surface area contributed by atoms with Crippen LogP contribution in [0.2, 0.25) is 0 Å². The van der Waals surface area contributed by atoms with Gasteiger partial charge >= 0.3 is 5.97 Å². The molecule has 2 heterocycles. The number of fused-ring (bicyclic) bond motifs is 1. The molecule has 0 bridgehead atoms. The van der Waals surface area contributed by atoms with Crippen molar-refractivity contribution in [1.82, 2.24) is 19.8 Å². The minimum Gasteiger partial charge on any atom is -0.478 e. The summed E-state index contributed by atoms with van der Waals surface area (Å²) >= 11 is 0. The maximum absolute atomic E-state index is 11.4. The predicted molar refractivity (Wildman–Crippen MR) is 72.8 cm³/mol. The van der Waals surface area contributed by atoms with Crippen molar-refractivity contribution in [1.29, 1.82) is 0 Å². The number of nitrogens with zero attached hydrogens (tertiary/aromatic N) is 4. The Kier molecular flexibility index (Phi) is 3.25. The van der Waals surface area contributed by atoms with Crippen molar-refractivity contribution >= 4 is 17.3 Å². The number of aromatic carboxylic acids is 1. The summed E-state index contributed by atoms with van der Waals surface area (Å²) in [5.74, 6) is -0.490. The molecule has 0 spiro atoms. The largest absolute Gasteiger partial charge is 0.478 e. The highest BCUT2D eigenvalue weighted by atomic mass is 16.4. The van der Waals surface area contributed by atoms with E-state index in [0.29, 0.717) is 17.3 Å². The smallest absolute Gasteiger partial charge is 0.339 e. The van der Waals surface area contributed by atoms with Crippen LogP contribution in [0.5, 0.6) is 0 Å². The molecule has 1 fully saturated rings. The monoisotopic (exact) mass is 275 g/mol. The number of rotatable bonds is 3. The second kappa shape index (κ2) is 5.07. The second-order valence-electron chi connectivity index (χ2n) is 5.32. The van der Waals surface area contributed by atoms with Gasteiger partial charge in [-0.3, -0.25) is 0 Å². The van der Waals surface area contributed by atoms with Crippen LogP contribution in [-0.4, -0.2) is 36.9 Å². The van der Waals surface area contributed by atoms with Crippen LogP contribution in [-0.2, 0) is 0 Å². The van der Waals surface area contributed by atoms with Crippen LogP contribution in [0.3, 0.4) is 0 Å². The third kappa shape index (κ3) is 2.19. The van der Waals surface area contributed by atoms with Gasteiger partial charge in [0, 0.05) is 6.04 Å². The number of hydrogen-bond donors (Lipinski definition) is 2. The summed E-state index contributed by atoms with van der Waals surface area (Å²) in [6, 6.07) is 0.268. The lowest BCUT2D eigenvalue weighted by molar-refractivity contribution is 0.0697. The lowest BCUT2D eigenvalue weighted by Gasteiger charge is -2.30. The fraction of sp³-hybridized carbons (Fsp3) is 0.538. The molecular formula is C13H17N5O2. The average Bonchev–Trinajstić information content (AvgIpc) is 2.90. The molecule has 0 aliphatic heterocycles. The van der Waals surface area contributed by atoms with E-state index in [-0.39, 0.29) is 11.6 Å². The molecule has 1 aliphatic rings. The zero-order valence-corrected chi connectivity index (χ0v) is 11.3. The zero-order valence-electron chi connectivity index (χ0n) is 11.3. The van der Waals surface area contributed by atoms with E-state index in [0.717, 1.165) is 12.8 Å². The number of anilines is 1. The van der Waals surface area contributed by atoms with Gasteiger partial charge in [0.1, 0.15) is 11.9 Å². The van der Waals surface area contributed by atoms with Crippen LogP contribution in [0.4, 0.5) is 5.69 Å². The highest BCUT2D eigenvalue weighted by molar-refractivity contribution is 5.97. The first kappa shape index (κ1) is 12.8. The number of hydrogen-bond acceptors (Lipinski definition) is 5. The van der Waals surface area contributed by atoms with Gasteiger partial charge in [-0.15, -0.1) is 9.73 Å². The van der Waals surface area contributed by atoms with Gasteiger partial charge in [-0.1, -0.05) is 19.8 Å². The Hall–Kier alpha value is -2.18. The molecule has 0 aromatic carbocycles. The Bertz CT molecular complexity index is 639. The lowest BCUT2D eigenvalue weighted by Crippen LogP contribution is -2.31. The summed E-state index contributed by atoms with van der Waals surface area (Å²) in [5, 5.41) is 20.6. The van der Waals surface area contributed by atoms with E-state index in [4.69, 9.17) is 0 Å². The van der Waals surface area contributed by atoms with Gasteiger partial charge in [0.25, 0.3) is 0 Å². The van der Waals surface area contributed by atoms with E-state index in [2.05, 4.69) is 27.4 Å². The SMILES string of the molecule is CC1CCCCC1Nc1c(C(=O)O)cnn2ncnc12. The minimum atomic E-state index is -1.01. The minimum absolute atomic E-state index is 0.142. The Labute approximate surface area is 116 Å². The van der Waals surface area contributed by atoms with Crippen molar-refractivity contribution in [2.45, 2.75) is 38.6 Å². The van der Waals surface area contributed by atoms with Gasteiger partial charge in [-0.25, -0.2) is 9.78 Å². The van der Waals surface area contributed by atoms with Crippen LogP contribution >= 0.6 is 0 Å². The average molecular weight is 275 g/mol. The molecule has 1 aliphatic carbocycles. The standard InChI is InChI=1S/C13H17N5O2/c1-8-4-2-3-5-10(8)17-11-9(13(19)20)6-15-18-12(11)14-7-16-18/h6-8,10,17H,2-5H2,1H3,(H,19,20). The van der Waals surface area contributed by atoms with Crippen LogP contribution in [0.15, 0.2) is 12.5 Å². The van der Waals surface area contributed by atoms with Gasteiger partial charge < -0.3 is 10.4 Å². The fourth-order valence-corrected chi connectivity index (χ4v) is 2.80. The second-order valence-corrected chi connectivity index (χ2v) is 5.32. The van der Waals surface area contributed by atoms with E-state index in [1.807, 2.05) is 0 Å². The number of carboxylic acids is 1. The quantitative estimate of drug-likeness (QED) is 0.887. The van der Waals surface area contributed by atoms with Crippen molar-refractivity contribution in [3.63, 3.8) is 0 Å². The summed E-state index contributed by atoms with van der Waals surface area (Å²) in [4.78, 5) is 15.5. The van der Waals surface area contributed by atoms with Gasteiger partial charge in [-0.2, -0.15) is 5.10 Å². The van der Waals surface area contributed by atoms with Crippen molar-refractivity contribution < 1.29 is 9.90 Å². The Morgan fingerprint density at radius 3 is 2.95 bits per heavy atom. The molecule has 20 heavy (non-hydrogen) atoms. The molecule has 0 radical (unpaired) electrons. The molecule has 2 unspecified atom stereocenters. The number of carboxylic acid groups (broad SMARTS) is 1. The Balaban J connectivity index is 2.01. The molecule has 2 aromatic rings. The summed E-state index contributed by atoms with van der Waals surface area (Å²) in [5.41, 5.74) is 1.12. The molecule has 0 amide bonds. The van der Waals surface area contributed by atoms with Crippen molar-refractivity contribution in [2.24, 2.45) is 5.92 Å². The summed E-state index contributed by atoms with van der Waals surface area (Å²) < 4.78 is 1.35. The highest BCUT2D eigenvalue weighted by Gasteiger charge is 2.25. The van der Waals surface area contributed by atoms with Crippen molar-refractivity contribution in [3.8, 4) is 0 Å². The van der Waals surface area contributed by atoms with Crippen LogP contribution in [0.1, 0.15) is 43.0 Å². The lowest BCUT2D eigenvalue weighted by atomic mass is 9.86. The van der Waals surface area contributed by atoms with Crippen LogP contribution in [0, 0.1) is 5.92 Å². The van der Waals surface area contributed by atoms with Crippen LogP contribution < -0.4 is 5.32 Å². The molecule has 2 aromatic heterocycles. The topological polar surface area (TPSA) is 92.4 Å². The number of nitrogens with one attached hydrogen (secondary N) is 1. The number of carbonyl (C=O) groups is 1. The normalized spacial score (nSPS) is 22.9. The molecule has 2 atom stereocenters. The maximum atomic E-state index is 11.4. The van der Waals surface area contributed by atoms with E-state index in [1.54, 1.807) is 0 Å². The fourth-order valence-electron chi connectivity index (χ4n) is 2.80. The third-order valence-electron chi connectivity index (χ3n) is 3.99. The van der Waals surface area contributed by atoms with Crippen molar-refractivity contribution in [2.75, 3.05) is 5.32 Å². The van der Waals surface area contributed by atoms with E-state index in [9.17, 15) is 9.90 Å². The Morgan fingerprint density at radius 1 is 1.40 bits per heavy atom. The first-order valence-electron chi connectivity index (χ1n) is 6.85. The summed E-state index contributed by atoms with van der Waals surface area (Å²) in [6.07, 6.45) is 7.31. The molecular weight excluding hydrogens is 258 g/mol. The van der Waals surface area contributed by atoms with Gasteiger partial charge in [-0.05, 0) is 18.8 Å². The van der Waals surface area contributed by atoms with E-state index < -0.39 is 5.97 Å². The molecule has 7 nitrogen and oxygen atoms in total. The molecule has 106 valence electrons. The number of aromatic nitrogens is 4. The predicted octanol–water partition coefficient (Wildman–Crippen LogP) is 1.81.